The highest BCUT2D eigenvalue weighted by atomic mass is 15.1. The highest BCUT2D eigenvalue weighted by Gasteiger charge is 2.02. The maximum atomic E-state index is 4.43. The maximum Gasteiger partial charge on any atom is 0.224 e. The lowest BCUT2D eigenvalue weighted by atomic mass is 10.2. The third-order valence-electron chi connectivity index (χ3n) is 2.73. The van der Waals surface area contributed by atoms with Gasteiger partial charge in [0.05, 0.1) is 0 Å². The second kappa shape index (κ2) is 7.87. The zero-order valence-electron chi connectivity index (χ0n) is 11.9. The summed E-state index contributed by atoms with van der Waals surface area (Å²) >= 11 is 0. The van der Waals surface area contributed by atoms with Crippen molar-refractivity contribution in [2.75, 3.05) is 37.8 Å². The topological polar surface area (TPSA) is 53.1 Å². The van der Waals surface area contributed by atoms with E-state index < -0.39 is 0 Å². The molecule has 1 heterocycles. The van der Waals surface area contributed by atoms with Gasteiger partial charge in [0.25, 0.3) is 0 Å². The molecule has 0 fully saturated rings. The Kier molecular flexibility index (Phi) is 6.43. The van der Waals surface area contributed by atoms with Crippen LogP contribution in [0.1, 0.15) is 26.7 Å². The van der Waals surface area contributed by atoms with Crippen LogP contribution in [0.3, 0.4) is 0 Å². The Morgan fingerprint density at radius 3 is 2.83 bits per heavy atom. The first-order valence-corrected chi connectivity index (χ1v) is 6.60. The summed E-state index contributed by atoms with van der Waals surface area (Å²) in [6, 6.07) is 2.33. The van der Waals surface area contributed by atoms with E-state index >= 15 is 0 Å². The van der Waals surface area contributed by atoms with Gasteiger partial charge in [-0.3, -0.25) is 0 Å². The lowest BCUT2D eigenvalue weighted by Gasteiger charge is -2.13. The molecule has 1 rings (SSSR count). The summed E-state index contributed by atoms with van der Waals surface area (Å²) in [6.45, 7) is 6.26. The van der Waals surface area contributed by atoms with Gasteiger partial charge < -0.3 is 15.5 Å². The van der Waals surface area contributed by atoms with E-state index in [2.05, 4.69) is 53.4 Å². The number of anilines is 2. The van der Waals surface area contributed by atoms with Crippen molar-refractivity contribution in [2.24, 2.45) is 0 Å². The molecule has 0 radical (unpaired) electrons. The van der Waals surface area contributed by atoms with E-state index in [9.17, 15) is 0 Å². The van der Waals surface area contributed by atoms with Gasteiger partial charge in [0, 0.05) is 18.8 Å². The molecule has 0 spiro atoms. The van der Waals surface area contributed by atoms with E-state index in [0.29, 0.717) is 12.0 Å². The first-order valence-electron chi connectivity index (χ1n) is 6.60. The third-order valence-corrected chi connectivity index (χ3v) is 2.73. The largest absolute Gasteiger partial charge is 0.367 e. The third kappa shape index (κ3) is 5.82. The summed E-state index contributed by atoms with van der Waals surface area (Å²) in [6.07, 6.45) is 3.95. The van der Waals surface area contributed by atoms with Crippen LogP contribution in [0.25, 0.3) is 0 Å². The molecule has 0 aliphatic carbocycles. The average molecular weight is 251 g/mol. The first kappa shape index (κ1) is 14.7. The van der Waals surface area contributed by atoms with Crippen LogP contribution in [0, 0.1) is 0 Å². The fourth-order valence-electron chi connectivity index (χ4n) is 1.47. The normalized spacial score (nSPS) is 12.5. The molecular weight excluding hydrogens is 226 g/mol. The number of rotatable bonds is 8. The fraction of sp³-hybridized carbons (Fsp3) is 0.692. The summed E-state index contributed by atoms with van der Waals surface area (Å²) < 4.78 is 0. The van der Waals surface area contributed by atoms with Crippen molar-refractivity contribution >= 4 is 11.8 Å². The summed E-state index contributed by atoms with van der Waals surface area (Å²) in [7, 11) is 4.15. The Morgan fingerprint density at radius 1 is 1.39 bits per heavy atom. The van der Waals surface area contributed by atoms with Crippen molar-refractivity contribution in [3.8, 4) is 0 Å². The monoisotopic (exact) mass is 251 g/mol. The molecular formula is C13H25N5. The molecule has 0 saturated carbocycles. The van der Waals surface area contributed by atoms with Gasteiger partial charge in [-0.15, -0.1) is 0 Å². The average Bonchev–Trinajstić information content (AvgIpc) is 2.35. The van der Waals surface area contributed by atoms with Crippen LogP contribution in [-0.4, -0.2) is 48.1 Å². The molecule has 1 aromatic heterocycles. The molecule has 0 saturated heterocycles. The Morgan fingerprint density at radius 2 is 2.17 bits per heavy atom. The highest BCUT2D eigenvalue weighted by Crippen LogP contribution is 2.08. The van der Waals surface area contributed by atoms with Crippen LogP contribution in [0.5, 0.6) is 0 Å². The summed E-state index contributed by atoms with van der Waals surface area (Å²) in [5.41, 5.74) is 0. The lowest BCUT2D eigenvalue weighted by molar-refractivity contribution is 0.405. The Labute approximate surface area is 110 Å². The number of aromatic nitrogens is 2. The SMILES string of the molecule is CCC(C)Nc1ccnc(NCCCN(C)C)n1. The molecule has 1 aromatic rings. The molecule has 5 nitrogen and oxygen atoms in total. The molecule has 0 amide bonds. The molecule has 102 valence electrons. The second-order valence-corrected chi connectivity index (χ2v) is 4.80. The standard InChI is InChI=1S/C13H25N5/c1-5-11(2)16-12-7-9-15-13(17-12)14-8-6-10-18(3)4/h7,9,11H,5-6,8,10H2,1-4H3,(H2,14,15,16,17). The van der Waals surface area contributed by atoms with Crippen LogP contribution < -0.4 is 10.6 Å². The van der Waals surface area contributed by atoms with Crippen molar-refractivity contribution in [3.05, 3.63) is 12.3 Å². The van der Waals surface area contributed by atoms with Gasteiger partial charge in [0.1, 0.15) is 5.82 Å². The molecule has 18 heavy (non-hydrogen) atoms. The predicted octanol–water partition coefficient (Wildman–Crippen LogP) is 2.05. The van der Waals surface area contributed by atoms with Crippen molar-refractivity contribution in [2.45, 2.75) is 32.7 Å². The molecule has 1 atom stereocenters. The van der Waals surface area contributed by atoms with E-state index in [4.69, 9.17) is 0 Å². The Bertz CT molecular complexity index is 340. The summed E-state index contributed by atoms with van der Waals surface area (Å²) in [5, 5.41) is 6.58. The van der Waals surface area contributed by atoms with Crippen LogP contribution in [0.15, 0.2) is 12.3 Å². The molecule has 2 N–H and O–H groups in total. The van der Waals surface area contributed by atoms with Gasteiger partial charge in [0.2, 0.25) is 5.95 Å². The van der Waals surface area contributed by atoms with E-state index in [1.807, 2.05) is 6.07 Å². The molecule has 0 aromatic carbocycles. The van der Waals surface area contributed by atoms with Crippen molar-refractivity contribution in [1.82, 2.24) is 14.9 Å². The number of nitrogens with one attached hydrogen (secondary N) is 2. The minimum atomic E-state index is 0.432. The fourth-order valence-corrected chi connectivity index (χ4v) is 1.47. The van der Waals surface area contributed by atoms with E-state index in [0.717, 1.165) is 31.7 Å². The van der Waals surface area contributed by atoms with E-state index in [-0.39, 0.29) is 0 Å². The Balaban J connectivity index is 2.39. The summed E-state index contributed by atoms with van der Waals surface area (Å²) in [4.78, 5) is 10.8. The van der Waals surface area contributed by atoms with Gasteiger partial charge in [-0.2, -0.15) is 4.98 Å². The quantitative estimate of drug-likeness (QED) is 0.693. The summed E-state index contributed by atoms with van der Waals surface area (Å²) in [5.74, 6) is 1.58. The van der Waals surface area contributed by atoms with Crippen LogP contribution in [0.2, 0.25) is 0 Å². The zero-order chi connectivity index (χ0) is 13.4. The number of hydrogen-bond acceptors (Lipinski definition) is 5. The van der Waals surface area contributed by atoms with Crippen molar-refractivity contribution < 1.29 is 0 Å². The van der Waals surface area contributed by atoms with Gasteiger partial charge in [0.15, 0.2) is 0 Å². The number of nitrogens with zero attached hydrogens (tertiary/aromatic N) is 3. The zero-order valence-corrected chi connectivity index (χ0v) is 11.9. The minimum Gasteiger partial charge on any atom is -0.367 e. The minimum absolute atomic E-state index is 0.432. The second-order valence-electron chi connectivity index (χ2n) is 4.80. The smallest absolute Gasteiger partial charge is 0.224 e. The van der Waals surface area contributed by atoms with Crippen LogP contribution in [0.4, 0.5) is 11.8 Å². The molecule has 1 unspecified atom stereocenters. The van der Waals surface area contributed by atoms with Gasteiger partial charge in [-0.25, -0.2) is 4.98 Å². The molecule has 0 bridgehead atoms. The van der Waals surface area contributed by atoms with Gasteiger partial charge in [-0.1, -0.05) is 6.92 Å². The van der Waals surface area contributed by atoms with E-state index in [1.54, 1.807) is 6.20 Å². The maximum absolute atomic E-state index is 4.43. The lowest BCUT2D eigenvalue weighted by Crippen LogP contribution is -2.18. The van der Waals surface area contributed by atoms with E-state index in [1.165, 1.54) is 0 Å². The van der Waals surface area contributed by atoms with Crippen LogP contribution in [-0.2, 0) is 0 Å². The molecule has 0 aliphatic heterocycles. The molecule has 5 heteroatoms. The van der Waals surface area contributed by atoms with Crippen molar-refractivity contribution in [3.63, 3.8) is 0 Å². The number of hydrogen-bond donors (Lipinski definition) is 2. The predicted molar refractivity (Wildman–Crippen MR) is 77.1 cm³/mol. The molecule has 0 aliphatic rings. The van der Waals surface area contributed by atoms with Gasteiger partial charge in [-0.05, 0) is 46.5 Å². The first-order chi connectivity index (χ1) is 8.61. The van der Waals surface area contributed by atoms with Crippen LogP contribution >= 0.6 is 0 Å². The Hall–Kier alpha value is -1.36. The van der Waals surface area contributed by atoms with Crippen molar-refractivity contribution in [1.29, 1.82) is 0 Å². The van der Waals surface area contributed by atoms with Gasteiger partial charge >= 0.3 is 0 Å². The highest BCUT2D eigenvalue weighted by molar-refractivity contribution is 5.40.